The van der Waals surface area contributed by atoms with Gasteiger partial charge in [0.1, 0.15) is 18.5 Å². The molecule has 0 aliphatic rings. The molecule has 0 amide bonds. The first-order chi connectivity index (χ1) is 8.58. The molecule has 4 heteroatoms. The molecule has 0 aliphatic heterocycles. The molecule has 0 heterocycles. The molecular formula is C14H20O4. The van der Waals surface area contributed by atoms with Gasteiger partial charge >= 0.3 is 5.97 Å². The van der Waals surface area contributed by atoms with Crippen LogP contribution in [-0.4, -0.2) is 31.4 Å². The Morgan fingerprint density at radius 1 is 1.11 bits per heavy atom. The van der Waals surface area contributed by atoms with Crippen molar-refractivity contribution in [1.82, 2.24) is 0 Å². The molecule has 1 aromatic carbocycles. The van der Waals surface area contributed by atoms with Crippen LogP contribution in [0.25, 0.3) is 0 Å². The minimum atomic E-state index is -0.292. The van der Waals surface area contributed by atoms with Gasteiger partial charge in [-0.3, -0.25) is 4.79 Å². The summed E-state index contributed by atoms with van der Waals surface area (Å²) in [6.45, 7) is 5.95. The lowest BCUT2D eigenvalue weighted by atomic mass is 10.3. The zero-order chi connectivity index (χ0) is 13.4. The molecule has 0 spiro atoms. The van der Waals surface area contributed by atoms with Gasteiger partial charge < -0.3 is 14.2 Å². The van der Waals surface area contributed by atoms with Crippen LogP contribution in [0.3, 0.4) is 0 Å². The number of carbonyl (C=O) groups is 1. The average molecular weight is 252 g/mol. The normalized spacial score (nSPS) is 13.7. The third kappa shape index (κ3) is 6.25. The lowest BCUT2D eigenvalue weighted by Crippen LogP contribution is -2.25. The van der Waals surface area contributed by atoms with Gasteiger partial charge in [-0.2, -0.15) is 0 Å². The van der Waals surface area contributed by atoms with E-state index >= 15 is 0 Å². The van der Waals surface area contributed by atoms with Crippen molar-refractivity contribution in [1.29, 1.82) is 0 Å². The van der Waals surface area contributed by atoms with Crippen LogP contribution in [0.4, 0.5) is 0 Å². The fourth-order valence-corrected chi connectivity index (χ4v) is 1.40. The number of hydrogen-bond donors (Lipinski definition) is 0. The van der Waals surface area contributed by atoms with Gasteiger partial charge in [0.05, 0.1) is 12.7 Å². The van der Waals surface area contributed by atoms with Gasteiger partial charge in [0.25, 0.3) is 0 Å². The molecule has 0 fully saturated rings. The van der Waals surface area contributed by atoms with Gasteiger partial charge in [0.2, 0.25) is 0 Å². The molecule has 2 unspecified atom stereocenters. The van der Waals surface area contributed by atoms with E-state index in [0.29, 0.717) is 13.2 Å². The van der Waals surface area contributed by atoms with Crippen LogP contribution in [-0.2, 0) is 14.3 Å². The Balaban J connectivity index is 2.18. The van der Waals surface area contributed by atoms with E-state index in [1.165, 1.54) is 6.92 Å². The van der Waals surface area contributed by atoms with Crippen LogP contribution >= 0.6 is 0 Å². The lowest BCUT2D eigenvalue weighted by molar-refractivity contribution is -0.149. The summed E-state index contributed by atoms with van der Waals surface area (Å²) in [4.78, 5) is 10.7. The number of rotatable bonds is 7. The number of benzene rings is 1. The van der Waals surface area contributed by atoms with Gasteiger partial charge in [-0.1, -0.05) is 18.2 Å². The molecule has 0 radical (unpaired) electrons. The van der Waals surface area contributed by atoms with Gasteiger partial charge in [0, 0.05) is 6.92 Å². The van der Waals surface area contributed by atoms with Crippen molar-refractivity contribution in [2.45, 2.75) is 33.0 Å². The molecule has 18 heavy (non-hydrogen) atoms. The summed E-state index contributed by atoms with van der Waals surface area (Å²) in [7, 11) is 0. The average Bonchev–Trinajstić information content (AvgIpc) is 2.34. The Morgan fingerprint density at radius 2 is 1.78 bits per heavy atom. The molecule has 100 valence electrons. The number of carbonyl (C=O) groups excluding carboxylic acids is 1. The van der Waals surface area contributed by atoms with Crippen molar-refractivity contribution in [3.05, 3.63) is 30.3 Å². The summed E-state index contributed by atoms with van der Waals surface area (Å²) in [5, 5.41) is 0. The zero-order valence-corrected chi connectivity index (χ0v) is 11.1. The Morgan fingerprint density at radius 3 is 2.39 bits per heavy atom. The Hall–Kier alpha value is -1.55. The standard InChI is InChI=1S/C14H20O4/c1-11(16-10-12(2)18-13(3)15)9-17-14-7-5-4-6-8-14/h4-8,11-12H,9-10H2,1-3H3. The first kappa shape index (κ1) is 14.5. The van der Waals surface area contributed by atoms with Crippen molar-refractivity contribution in [3.63, 3.8) is 0 Å². The van der Waals surface area contributed by atoms with Crippen LogP contribution in [0.5, 0.6) is 5.75 Å². The predicted molar refractivity (Wildman–Crippen MR) is 68.6 cm³/mol. The van der Waals surface area contributed by atoms with E-state index in [0.717, 1.165) is 5.75 Å². The molecular weight excluding hydrogens is 232 g/mol. The Bertz CT molecular complexity index is 350. The fourth-order valence-electron chi connectivity index (χ4n) is 1.40. The van der Waals surface area contributed by atoms with Gasteiger partial charge in [-0.15, -0.1) is 0 Å². The van der Waals surface area contributed by atoms with Gasteiger partial charge in [0.15, 0.2) is 0 Å². The van der Waals surface area contributed by atoms with E-state index in [2.05, 4.69) is 0 Å². The summed E-state index contributed by atoms with van der Waals surface area (Å²) < 4.78 is 16.0. The van der Waals surface area contributed by atoms with Gasteiger partial charge in [-0.05, 0) is 26.0 Å². The molecule has 0 N–H and O–H groups in total. The largest absolute Gasteiger partial charge is 0.491 e. The van der Waals surface area contributed by atoms with E-state index in [-0.39, 0.29) is 18.2 Å². The van der Waals surface area contributed by atoms with E-state index in [1.807, 2.05) is 37.3 Å². The second kappa shape index (κ2) is 7.71. The van der Waals surface area contributed by atoms with Gasteiger partial charge in [-0.25, -0.2) is 0 Å². The van der Waals surface area contributed by atoms with Crippen LogP contribution < -0.4 is 4.74 Å². The van der Waals surface area contributed by atoms with Crippen molar-refractivity contribution >= 4 is 5.97 Å². The minimum Gasteiger partial charge on any atom is -0.491 e. The van der Waals surface area contributed by atoms with Crippen LogP contribution in [0.2, 0.25) is 0 Å². The summed E-state index contributed by atoms with van der Waals surface area (Å²) in [5.41, 5.74) is 0. The summed E-state index contributed by atoms with van der Waals surface area (Å²) in [6, 6.07) is 9.57. The number of ether oxygens (including phenoxy) is 3. The Labute approximate surface area is 108 Å². The molecule has 0 aliphatic carbocycles. The quantitative estimate of drug-likeness (QED) is 0.699. The van der Waals surface area contributed by atoms with E-state index in [4.69, 9.17) is 14.2 Å². The molecule has 2 atom stereocenters. The Kier molecular flexibility index (Phi) is 6.22. The lowest BCUT2D eigenvalue weighted by Gasteiger charge is -2.17. The fraction of sp³-hybridized carbons (Fsp3) is 0.500. The summed E-state index contributed by atoms with van der Waals surface area (Å²) >= 11 is 0. The maximum atomic E-state index is 10.7. The molecule has 0 aromatic heterocycles. The van der Waals surface area contributed by atoms with Crippen LogP contribution in [0.1, 0.15) is 20.8 Å². The molecule has 0 saturated carbocycles. The second-order valence-electron chi connectivity index (χ2n) is 4.19. The third-order valence-corrected chi connectivity index (χ3v) is 2.21. The van der Waals surface area contributed by atoms with Crippen molar-refractivity contribution < 1.29 is 19.0 Å². The summed E-state index contributed by atoms with van der Waals surface area (Å²) in [5.74, 6) is 0.528. The molecule has 4 nitrogen and oxygen atoms in total. The highest BCUT2D eigenvalue weighted by Crippen LogP contribution is 2.09. The topological polar surface area (TPSA) is 44.8 Å². The SMILES string of the molecule is CC(=O)OC(C)COC(C)COc1ccccc1. The maximum Gasteiger partial charge on any atom is 0.302 e. The van der Waals surface area contributed by atoms with Crippen molar-refractivity contribution in [3.8, 4) is 5.75 Å². The van der Waals surface area contributed by atoms with Crippen molar-refractivity contribution in [2.24, 2.45) is 0 Å². The summed E-state index contributed by atoms with van der Waals surface area (Å²) in [6.07, 6.45) is -0.287. The minimum absolute atomic E-state index is 0.0526. The number of hydrogen-bond acceptors (Lipinski definition) is 4. The zero-order valence-electron chi connectivity index (χ0n) is 11.1. The monoisotopic (exact) mass is 252 g/mol. The molecule has 1 rings (SSSR count). The second-order valence-corrected chi connectivity index (χ2v) is 4.19. The van der Waals surface area contributed by atoms with Crippen LogP contribution in [0.15, 0.2) is 30.3 Å². The van der Waals surface area contributed by atoms with E-state index in [1.54, 1.807) is 6.92 Å². The maximum absolute atomic E-state index is 10.7. The highest BCUT2D eigenvalue weighted by molar-refractivity contribution is 5.66. The number of esters is 1. The van der Waals surface area contributed by atoms with Crippen LogP contribution in [0, 0.1) is 0 Å². The van der Waals surface area contributed by atoms with Crippen molar-refractivity contribution in [2.75, 3.05) is 13.2 Å². The first-order valence-corrected chi connectivity index (χ1v) is 6.04. The van der Waals surface area contributed by atoms with E-state index < -0.39 is 0 Å². The molecule has 0 saturated heterocycles. The third-order valence-electron chi connectivity index (χ3n) is 2.21. The molecule has 0 bridgehead atoms. The predicted octanol–water partition coefficient (Wildman–Crippen LogP) is 2.42. The van der Waals surface area contributed by atoms with E-state index in [9.17, 15) is 4.79 Å². The molecule has 1 aromatic rings. The highest BCUT2D eigenvalue weighted by atomic mass is 16.6. The highest BCUT2D eigenvalue weighted by Gasteiger charge is 2.09. The number of para-hydroxylation sites is 1. The smallest absolute Gasteiger partial charge is 0.302 e. The first-order valence-electron chi connectivity index (χ1n) is 6.04.